The first kappa shape index (κ1) is 13.9. The lowest BCUT2D eigenvalue weighted by atomic mass is 9.97. The zero-order valence-corrected chi connectivity index (χ0v) is 11.6. The van der Waals surface area contributed by atoms with E-state index in [0.717, 1.165) is 0 Å². The lowest BCUT2D eigenvalue weighted by Crippen LogP contribution is -2.38. The van der Waals surface area contributed by atoms with Crippen molar-refractivity contribution in [2.45, 2.75) is 39.7 Å². The van der Waals surface area contributed by atoms with Gasteiger partial charge in [-0.05, 0) is 18.3 Å². The molecular weight excluding hydrogens is 224 g/mol. The van der Waals surface area contributed by atoms with E-state index in [4.69, 9.17) is 0 Å². The third kappa shape index (κ3) is 5.27. The molecule has 0 radical (unpaired) electrons. The van der Waals surface area contributed by atoms with Crippen LogP contribution in [0.5, 0.6) is 0 Å². The predicted octanol–water partition coefficient (Wildman–Crippen LogP) is 1.05. The van der Waals surface area contributed by atoms with Crippen LogP contribution < -0.4 is 5.32 Å². The van der Waals surface area contributed by atoms with Gasteiger partial charge in [0, 0.05) is 26.2 Å². The fraction of sp³-hybridized carbons (Fsp3) is 1.00. The van der Waals surface area contributed by atoms with E-state index in [-0.39, 0.29) is 11.2 Å². The van der Waals surface area contributed by atoms with Crippen molar-refractivity contribution in [1.29, 1.82) is 0 Å². The molecule has 96 valence electrons. The van der Waals surface area contributed by atoms with Crippen molar-refractivity contribution >= 4 is 10.0 Å². The summed E-state index contributed by atoms with van der Waals surface area (Å²) < 4.78 is 25.3. The Bertz CT molecular complexity index is 315. The molecule has 0 aromatic rings. The highest BCUT2D eigenvalue weighted by atomic mass is 32.2. The molecule has 0 bridgehead atoms. The van der Waals surface area contributed by atoms with E-state index in [9.17, 15) is 8.42 Å². The average Bonchev–Trinajstić information content (AvgIpc) is 2.84. The van der Waals surface area contributed by atoms with Crippen molar-refractivity contribution < 1.29 is 8.42 Å². The van der Waals surface area contributed by atoms with Gasteiger partial charge in [-0.1, -0.05) is 20.8 Å². The molecule has 0 heterocycles. The highest BCUT2D eigenvalue weighted by Crippen LogP contribution is 2.19. The third-order valence-corrected chi connectivity index (χ3v) is 4.34. The van der Waals surface area contributed by atoms with Gasteiger partial charge in [-0.2, -0.15) is 0 Å². The summed E-state index contributed by atoms with van der Waals surface area (Å²) in [6.45, 7) is 7.27. The quantitative estimate of drug-likeness (QED) is 0.764. The molecule has 0 atom stereocenters. The van der Waals surface area contributed by atoms with E-state index in [1.54, 1.807) is 7.05 Å². The van der Waals surface area contributed by atoms with Gasteiger partial charge in [-0.3, -0.25) is 0 Å². The Labute approximate surface area is 99.5 Å². The van der Waals surface area contributed by atoms with E-state index < -0.39 is 10.0 Å². The normalized spacial score (nSPS) is 18.1. The maximum Gasteiger partial charge on any atom is 0.215 e. The van der Waals surface area contributed by atoms with E-state index >= 15 is 0 Å². The number of nitrogens with one attached hydrogen (secondary N) is 1. The Morgan fingerprint density at radius 1 is 1.31 bits per heavy atom. The number of rotatable bonds is 6. The number of hydrogen-bond donors (Lipinski definition) is 1. The maximum atomic E-state index is 11.9. The van der Waals surface area contributed by atoms with Crippen molar-refractivity contribution in [2.24, 2.45) is 5.41 Å². The van der Waals surface area contributed by atoms with Crippen LogP contribution in [0.3, 0.4) is 0 Å². The fourth-order valence-electron chi connectivity index (χ4n) is 1.60. The Hall–Kier alpha value is -0.130. The second-order valence-corrected chi connectivity index (χ2v) is 8.06. The Morgan fingerprint density at radius 2 is 1.88 bits per heavy atom. The Morgan fingerprint density at radius 3 is 2.31 bits per heavy atom. The van der Waals surface area contributed by atoms with Crippen LogP contribution >= 0.6 is 0 Å². The van der Waals surface area contributed by atoms with Gasteiger partial charge < -0.3 is 5.32 Å². The summed E-state index contributed by atoms with van der Waals surface area (Å²) in [5, 5.41) is 3.22. The highest BCUT2D eigenvalue weighted by Gasteiger charge is 2.25. The first-order valence-electron chi connectivity index (χ1n) is 5.88. The summed E-state index contributed by atoms with van der Waals surface area (Å²) in [6, 6.07) is 0.572. The minimum atomic E-state index is -3.09. The van der Waals surface area contributed by atoms with Gasteiger partial charge in [-0.25, -0.2) is 12.7 Å². The molecule has 16 heavy (non-hydrogen) atoms. The van der Waals surface area contributed by atoms with Crippen LogP contribution in [-0.4, -0.2) is 44.7 Å². The lowest BCUT2D eigenvalue weighted by Gasteiger charge is -2.26. The molecule has 1 aliphatic carbocycles. The molecule has 0 spiro atoms. The third-order valence-electron chi connectivity index (χ3n) is 2.54. The molecule has 1 saturated carbocycles. The van der Waals surface area contributed by atoms with Gasteiger partial charge >= 0.3 is 0 Å². The summed E-state index contributed by atoms with van der Waals surface area (Å²) in [7, 11) is -1.43. The summed E-state index contributed by atoms with van der Waals surface area (Å²) >= 11 is 0. The van der Waals surface area contributed by atoms with Gasteiger partial charge in [-0.15, -0.1) is 0 Å². The number of sulfonamides is 1. The molecule has 0 saturated heterocycles. The predicted molar refractivity (Wildman–Crippen MR) is 66.9 cm³/mol. The van der Waals surface area contributed by atoms with Crippen molar-refractivity contribution in [3.63, 3.8) is 0 Å². The Kier molecular flexibility index (Phi) is 4.37. The summed E-state index contributed by atoms with van der Waals surface area (Å²) in [5.74, 6) is 0.204. The van der Waals surface area contributed by atoms with Crippen LogP contribution in [0.25, 0.3) is 0 Å². The van der Waals surface area contributed by atoms with Crippen molar-refractivity contribution in [1.82, 2.24) is 9.62 Å². The first-order valence-corrected chi connectivity index (χ1v) is 7.49. The van der Waals surface area contributed by atoms with Crippen LogP contribution in [0.2, 0.25) is 0 Å². The molecule has 1 rings (SSSR count). The molecule has 0 aromatic heterocycles. The standard InChI is InChI=1S/C11H24N2O2S/c1-11(2,3)9-13(4)16(14,15)8-7-12-10-5-6-10/h10,12H,5-9H2,1-4H3. The van der Waals surface area contributed by atoms with Gasteiger partial charge in [0.15, 0.2) is 0 Å². The fourth-order valence-corrected chi connectivity index (χ4v) is 2.87. The number of nitrogens with zero attached hydrogens (tertiary/aromatic N) is 1. The zero-order valence-electron chi connectivity index (χ0n) is 10.8. The molecule has 0 aliphatic heterocycles. The summed E-state index contributed by atoms with van der Waals surface area (Å²) in [4.78, 5) is 0. The minimum Gasteiger partial charge on any atom is -0.313 e. The van der Waals surface area contributed by atoms with Crippen LogP contribution in [-0.2, 0) is 10.0 Å². The van der Waals surface area contributed by atoms with Gasteiger partial charge in [0.05, 0.1) is 5.75 Å². The minimum absolute atomic E-state index is 0.00570. The number of hydrogen-bond acceptors (Lipinski definition) is 3. The maximum absolute atomic E-state index is 11.9. The SMILES string of the molecule is CN(CC(C)(C)C)S(=O)(=O)CCNC1CC1. The van der Waals surface area contributed by atoms with E-state index in [1.165, 1.54) is 17.1 Å². The molecular formula is C11H24N2O2S. The Balaban J connectivity index is 2.35. The average molecular weight is 248 g/mol. The molecule has 0 aromatic carbocycles. The lowest BCUT2D eigenvalue weighted by molar-refractivity contribution is 0.310. The topological polar surface area (TPSA) is 49.4 Å². The van der Waals surface area contributed by atoms with Crippen molar-refractivity contribution in [2.75, 3.05) is 25.9 Å². The van der Waals surface area contributed by atoms with Crippen LogP contribution in [0.15, 0.2) is 0 Å². The largest absolute Gasteiger partial charge is 0.313 e. The van der Waals surface area contributed by atoms with Gasteiger partial charge in [0.2, 0.25) is 10.0 Å². The van der Waals surface area contributed by atoms with Crippen LogP contribution in [0, 0.1) is 5.41 Å². The second-order valence-electron chi connectivity index (χ2n) is 5.86. The zero-order chi connectivity index (χ0) is 12.4. The first-order chi connectivity index (χ1) is 7.21. The molecule has 1 fully saturated rings. The van der Waals surface area contributed by atoms with Crippen LogP contribution in [0.4, 0.5) is 0 Å². The molecule has 0 amide bonds. The van der Waals surface area contributed by atoms with E-state index in [1.807, 2.05) is 20.8 Å². The van der Waals surface area contributed by atoms with E-state index in [0.29, 0.717) is 19.1 Å². The molecule has 4 nitrogen and oxygen atoms in total. The monoisotopic (exact) mass is 248 g/mol. The second kappa shape index (κ2) is 5.02. The van der Waals surface area contributed by atoms with Gasteiger partial charge in [0.1, 0.15) is 0 Å². The molecule has 5 heteroatoms. The van der Waals surface area contributed by atoms with E-state index in [2.05, 4.69) is 5.32 Å². The smallest absolute Gasteiger partial charge is 0.215 e. The molecule has 1 aliphatic rings. The summed E-state index contributed by atoms with van der Waals surface area (Å²) in [6.07, 6.45) is 2.38. The van der Waals surface area contributed by atoms with Crippen molar-refractivity contribution in [3.05, 3.63) is 0 Å². The highest BCUT2D eigenvalue weighted by molar-refractivity contribution is 7.89. The van der Waals surface area contributed by atoms with Gasteiger partial charge in [0.25, 0.3) is 0 Å². The van der Waals surface area contributed by atoms with Crippen LogP contribution in [0.1, 0.15) is 33.6 Å². The molecule has 1 N–H and O–H groups in total. The van der Waals surface area contributed by atoms with Crippen molar-refractivity contribution in [3.8, 4) is 0 Å². The molecule has 0 unspecified atom stereocenters. The summed E-state index contributed by atoms with van der Waals surface area (Å²) in [5.41, 5.74) is 0.00570.